The zero-order valence-corrected chi connectivity index (χ0v) is 22.2. The van der Waals surface area contributed by atoms with Gasteiger partial charge >= 0.3 is 0 Å². The van der Waals surface area contributed by atoms with Crippen LogP contribution in [0.25, 0.3) is 0 Å². The standard InChI is InChI=1S/C32H38N4O/c1-3-7-29(4-2)30-8-5-9-31(16-15-30)37-25-27-12-10-26(11-13-27)24-35-18-6-19-36(21-20-35)32-17-14-28(22-33)23-34-32/h8,10-17,23,29,31H,4-6,9,18-21,24-25H2,1-2H3. The predicted molar refractivity (Wildman–Crippen MR) is 150 cm³/mol. The molecule has 1 aliphatic carbocycles. The van der Waals surface area contributed by atoms with Crippen LogP contribution in [0.15, 0.2) is 66.4 Å². The first-order valence-corrected chi connectivity index (χ1v) is 13.5. The van der Waals surface area contributed by atoms with E-state index in [2.05, 4.69) is 82.1 Å². The van der Waals surface area contributed by atoms with Gasteiger partial charge in [-0.15, -0.1) is 5.92 Å². The fraction of sp³-hybridized carbons (Fsp3) is 0.438. The summed E-state index contributed by atoms with van der Waals surface area (Å²) >= 11 is 0. The Kier molecular flexibility index (Phi) is 9.95. The molecule has 2 aliphatic rings. The van der Waals surface area contributed by atoms with Crippen LogP contribution in [0.2, 0.25) is 0 Å². The molecule has 5 nitrogen and oxygen atoms in total. The molecule has 192 valence electrons. The summed E-state index contributed by atoms with van der Waals surface area (Å²) in [6.07, 6.45) is 12.8. The maximum Gasteiger partial charge on any atom is 0.128 e. The van der Waals surface area contributed by atoms with Crippen molar-refractivity contribution < 1.29 is 4.74 Å². The highest BCUT2D eigenvalue weighted by Crippen LogP contribution is 2.23. The Labute approximate surface area is 222 Å². The maximum absolute atomic E-state index is 9.00. The van der Waals surface area contributed by atoms with Gasteiger partial charge in [0.05, 0.1) is 18.3 Å². The molecule has 1 fully saturated rings. The van der Waals surface area contributed by atoms with Gasteiger partial charge in [0.15, 0.2) is 0 Å². The second-order valence-corrected chi connectivity index (χ2v) is 9.80. The molecule has 4 rings (SSSR count). The molecule has 0 radical (unpaired) electrons. The molecule has 0 bridgehead atoms. The van der Waals surface area contributed by atoms with Crippen molar-refractivity contribution in [3.8, 4) is 17.9 Å². The van der Waals surface area contributed by atoms with Crippen LogP contribution in [0.1, 0.15) is 56.2 Å². The van der Waals surface area contributed by atoms with Gasteiger partial charge in [0.1, 0.15) is 11.9 Å². The Morgan fingerprint density at radius 2 is 1.92 bits per heavy atom. The highest BCUT2D eigenvalue weighted by Gasteiger charge is 2.17. The van der Waals surface area contributed by atoms with E-state index in [4.69, 9.17) is 10.00 Å². The minimum Gasteiger partial charge on any atom is -0.369 e. The minimum atomic E-state index is 0.145. The van der Waals surface area contributed by atoms with Crippen LogP contribution in [-0.2, 0) is 17.9 Å². The molecule has 0 N–H and O–H groups in total. The van der Waals surface area contributed by atoms with Crippen molar-refractivity contribution >= 4 is 5.82 Å². The first-order valence-electron chi connectivity index (χ1n) is 13.5. The molecule has 5 heteroatoms. The Balaban J connectivity index is 1.24. The summed E-state index contributed by atoms with van der Waals surface area (Å²) in [7, 11) is 0. The summed E-state index contributed by atoms with van der Waals surface area (Å²) in [6.45, 7) is 9.71. The zero-order chi connectivity index (χ0) is 25.9. The summed E-state index contributed by atoms with van der Waals surface area (Å²) in [6, 6.07) is 14.8. The third-order valence-electron chi connectivity index (χ3n) is 7.15. The van der Waals surface area contributed by atoms with Crippen molar-refractivity contribution in [2.75, 3.05) is 31.1 Å². The summed E-state index contributed by atoms with van der Waals surface area (Å²) in [5.41, 5.74) is 4.48. The molecule has 2 atom stereocenters. The quantitative estimate of drug-likeness (QED) is 0.429. The van der Waals surface area contributed by atoms with Crippen LogP contribution in [0.3, 0.4) is 0 Å². The number of hydrogen-bond acceptors (Lipinski definition) is 5. The Morgan fingerprint density at radius 3 is 2.65 bits per heavy atom. The number of benzene rings is 1. The van der Waals surface area contributed by atoms with E-state index in [1.807, 2.05) is 19.1 Å². The van der Waals surface area contributed by atoms with Crippen molar-refractivity contribution in [2.24, 2.45) is 5.92 Å². The van der Waals surface area contributed by atoms with Crippen LogP contribution in [0, 0.1) is 29.1 Å². The number of hydrogen-bond donors (Lipinski definition) is 0. The SMILES string of the molecule is CC#CC(CC)C1=CCCC(OCc2ccc(CN3CCCN(c4ccc(C#N)cn4)CC3)cc2)C=C1. The van der Waals surface area contributed by atoms with Crippen LogP contribution in [0.5, 0.6) is 0 Å². The van der Waals surface area contributed by atoms with Crippen molar-refractivity contribution in [3.05, 3.63) is 83.1 Å². The largest absolute Gasteiger partial charge is 0.369 e. The van der Waals surface area contributed by atoms with Gasteiger partial charge in [-0.25, -0.2) is 4.98 Å². The Bertz CT molecular complexity index is 1160. The number of ether oxygens (including phenoxy) is 1. The molecule has 0 spiro atoms. The fourth-order valence-corrected chi connectivity index (χ4v) is 4.99. The first-order chi connectivity index (χ1) is 18.2. The molecule has 2 heterocycles. The predicted octanol–water partition coefficient (Wildman–Crippen LogP) is 5.88. The molecular formula is C32H38N4O. The van der Waals surface area contributed by atoms with E-state index in [1.54, 1.807) is 6.20 Å². The summed E-state index contributed by atoms with van der Waals surface area (Å²) in [5.74, 6) is 7.68. The van der Waals surface area contributed by atoms with Crippen LogP contribution in [-0.4, -0.2) is 42.2 Å². The van der Waals surface area contributed by atoms with E-state index in [1.165, 1.54) is 16.7 Å². The van der Waals surface area contributed by atoms with Crippen LogP contribution < -0.4 is 4.90 Å². The molecule has 1 aromatic carbocycles. The van der Waals surface area contributed by atoms with Gasteiger partial charge in [-0.1, -0.05) is 55.3 Å². The monoisotopic (exact) mass is 494 g/mol. The third-order valence-corrected chi connectivity index (χ3v) is 7.15. The first kappa shape index (κ1) is 26.7. The Morgan fingerprint density at radius 1 is 1.08 bits per heavy atom. The van der Waals surface area contributed by atoms with Gasteiger partial charge in [0.25, 0.3) is 0 Å². The lowest BCUT2D eigenvalue weighted by atomic mass is 9.96. The minimum absolute atomic E-state index is 0.145. The fourth-order valence-electron chi connectivity index (χ4n) is 4.99. The topological polar surface area (TPSA) is 52.4 Å². The van der Waals surface area contributed by atoms with E-state index in [9.17, 15) is 0 Å². The lowest BCUT2D eigenvalue weighted by Gasteiger charge is -2.23. The summed E-state index contributed by atoms with van der Waals surface area (Å²) in [5, 5.41) is 9.00. The molecule has 2 aromatic rings. The normalized spacial score (nSPS) is 19.1. The van der Waals surface area contributed by atoms with Crippen molar-refractivity contribution in [1.29, 1.82) is 5.26 Å². The highest BCUT2D eigenvalue weighted by atomic mass is 16.5. The molecule has 1 aromatic heterocycles. The third kappa shape index (κ3) is 7.80. The van der Waals surface area contributed by atoms with Gasteiger partial charge < -0.3 is 9.64 Å². The number of nitriles is 1. The highest BCUT2D eigenvalue weighted by molar-refractivity contribution is 5.42. The smallest absolute Gasteiger partial charge is 0.128 e. The van der Waals surface area contributed by atoms with E-state index in [0.29, 0.717) is 18.1 Å². The van der Waals surface area contributed by atoms with Gasteiger partial charge in [0.2, 0.25) is 0 Å². The average molecular weight is 495 g/mol. The van der Waals surface area contributed by atoms with Crippen molar-refractivity contribution in [3.63, 3.8) is 0 Å². The van der Waals surface area contributed by atoms with E-state index >= 15 is 0 Å². The number of allylic oxidation sites excluding steroid dienone is 3. The molecule has 37 heavy (non-hydrogen) atoms. The number of anilines is 1. The van der Waals surface area contributed by atoms with Gasteiger partial charge in [-0.05, 0) is 61.4 Å². The van der Waals surface area contributed by atoms with Gasteiger partial charge in [-0.2, -0.15) is 5.26 Å². The van der Waals surface area contributed by atoms with Crippen molar-refractivity contribution in [2.45, 2.75) is 58.8 Å². The van der Waals surface area contributed by atoms with Crippen molar-refractivity contribution in [1.82, 2.24) is 9.88 Å². The van der Waals surface area contributed by atoms with Crippen LogP contribution >= 0.6 is 0 Å². The molecule has 0 amide bonds. The summed E-state index contributed by atoms with van der Waals surface area (Å²) in [4.78, 5) is 9.31. The van der Waals surface area contributed by atoms with E-state index in [-0.39, 0.29) is 6.10 Å². The molecule has 1 saturated heterocycles. The number of nitrogens with zero attached hydrogens (tertiary/aromatic N) is 4. The molecule has 0 saturated carbocycles. The number of rotatable bonds is 8. The second-order valence-electron chi connectivity index (χ2n) is 9.80. The van der Waals surface area contributed by atoms with E-state index < -0.39 is 0 Å². The second kappa shape index (κ2) is 13.8. The lowest BCUT2D eigenvalue weighted by molar-refractivity contribution is 0.0675. The zero-order valence-electron chi connectivity index (χ0n) is 22.2. The van der Waals surface area contributed by atoms with Crippen LogP contribution in [0.4, 0.5) is 5.82 Å². The Hall–Kier alpha value is -3.38. The molecule has 2 unspecified atom stereocenters. The average Bonchev–Trinajstić information content (AvgIpc) is 3.32. The number of aromatic nitrogens is 1. The van der Waals surface area contributed by atoms with E-state index in [0.717, 1.165) is 64.2 Å². The van der Waals surface area contributed by atoms with Gasteiger partial charge in [-0.3, -0.25) is 4.90 Å². The molecular weight excluding hydrogens is 456 g/mol. The maximum atomic E-state index is 9.00. The summed E-state index contributed by atoms with van der Waals surface area (Å²) < 4.78 is 6.25. The lowest BCUT2D eigenvalue weighted by Crippen LogP contribution is -2.30. The number of pyridine rings is 1. The van der Waals surface area contributed by atoms with Gasteiger partial charge in [0, 0.05) is 44.8 Å². The molecule has 1 aliphatic heterocycles.